The zero-order valence-electron chi connectivity index (χ0n) is 11.4. The lowest BCUT2D eigenvalue weighted by atomic mass is 9.91. The lowest BCUT2D eigenvalue weighted by Gasteiger charge is -2.29. The monoisotopic (exact) mass is 262 g/mol. The maximum Gasteiger partial charge on any atom is 0.251 e. The van der Waals surface area contributed by atoms with E-state index in [1.165, 1.54) is 0 Å². The Kier molecular flexibility index (Phi) is 4.80. The minimum Gasteiger partial charge on any atom is -0.494 e. The minimum atomic E-state index is -0.0506. The Morgan fingerprint density at radius 1 is 1.32 bits per heavy atom. The van der Waals surface area contributed by atoms with Gasteiger partial charge in [-0.15, -0.1) is 0 Å². The average Bonchev–Trinajstić information content (AvgIpc) is 2.42. The predicted octanol–water partition coefficient (Wildman–Crippen LogP) is 2.08. The molecule has 4 heteroatoms. The van der Waals surface area contributed by atoms with Crippen LogP contribution in [0.4, 0.5) is 0 Å². The average molecular weight is 262 g/mol. The van der Waals surface area contributed by atoms with Crippen LogP contribution < -0.4 is 15.8 Å². The molecule has 0 aromatic heterocycles. The minimum absolute atomic E-state index is 0.0506. The molecule has 0 radical (unpaired) electrons. The zero-order valence-corrected chi connectivity index (χ0v) is 11.4. The van der Waals surface area contributed by atoms with Crippen molar-refractivity contribution in [2.45, 2.75) is 44.7 Å². The summed E-state index contributed by atoms with van der Waals surface area (Å²) >= 11 is 0. The van der Waals surface area contributed by atoms with Gasteiger partial charge < -0.3 is 15.8 Å². The SMILES string of the molecule is CCOc1ccc(C(=O)NC2CCCCC2N)cc1. The maximum absolute atomic E-state index is 12.1. The molecule has 0 heterocycles. The van der Waals surface area contributed by atoms with Gasteiger partial charge in [-0.3, -0.25) is 4.79 Å². The third kappa shape index (κ3) is 3.70. The molecular formula is C15H22N2O2. The first-order valence-corrected chi connectivity index (χ1v) is 7.00. The highest BCUT2D eigenvalue weighted by Crippen LogP contribution is 2.18. The molecule has 1 fully saturated rings. The number of rotatable bonds is 4. The largest absolute Gasteiger partial charge is 0.494 e. The van der Waals surface area contributed by atoms with Crippen molar-refractivity contribution in [2.24, 2.45) is 5.73 Å². The van der Waals surface area contributed by atoms with Gasteiger partial charge >= 0.3 is 0 Å². The van der Waals surface area contributed by atoms with E-state index in [-0.39, 0.29) is 18.0 Å². The molecule has 19 heavy (non-hydrogen) atoms. The molecule has 4 nitrogen and oxygen atoms in total. The maximum atomic E-state index is 12.1. The Morgan fingerprint density at radius 3 is 2.63 bits per heavy atom. The molecule has 1 aliphatic carbocycles. The van der Waals surface area contributed by atoms with Crippen LogP contribution >= 0.6 is 0 Å². The molecule has 1 aromatic carbocycles. The van der Waals surface area contributed by atoms with Gasteiger partial charge in [0.1, 0.15) is 5.75 Å². The van der Waals surface area contributed by atoms with Crippen LogP contribution in [0.5, 0.6) is 5.75 Å². The Hall–Kier alpha value is -1.55. The van der Waals surface area contributed by atoms with Crippen molar-refractivity contribution in [1.82, 2.24) is 5.32 Å². The second-order valence-corrected chi connectivity index (χ2v) is 4.99. The first kappa shape index (κ1) is 13.9. The molecule has 0 saturated heterocycles. The quantitative estimate of drug-likeness (QED) is 0.873. The number of carbonyl (C=O) groups excluding carboxylic acids is 1. The predicted molar refractivity (Wildman–Crippen MR) is 75.3 cm³/mol. The molecule has 0 bridgehead atoms. The van der Waals surface area contributed by atoms with Crippen LogP contribution in [0.25, 0.3) is 0 Å². The Bertz CT molecular complexity index is 417. The molecule has 1 amide bonds. The molecule has 2 unspecified atom stereocenters. The second-order valence-electron chi connectivity index (χ2n) is 4.99. The van der Waals surface area contributed by atoms with Gasteiger partial charge in [0.2, 0.25) is 0 Å². The standard InChI is InChI=1S/C15H22N2O2/c1-2-19-12-9-7-11(8-10-12)15(18)17-14-6-4-3-5-13(14)16/h7-10,13-14H,2-6,16H2,1H3,(H,17,18). The highest BCUT2D eigenvalue weighted by molar-refractivity contribution is 5.94. The van der Waals surface area contributed by atoms with Crippen molar-refractivity contribution in [3.63, 3.8) is 0 Å². The van der Waals surface area contributed by atoms with Crippen LogP contribution in [0.15, 0.2) is 24.3 Å². The van der Waals surface area contributed by atoms with E-state index in [0.29, 0.717) is 12.2 Å². The molecule has 0 aliphatic heterocycles. The molecular weight excluding hydrogens is 240 g/mol. The summed E-state index contributed by atoms with van der Waals surface area (Å²) in [5, 5.41) is 3.03. The molecule has 104 valence electrons. The number of nitrogens with one attached hydrogen (secondary N) is 1. The van der Waals surface area contributed by atoms with E-state index >= 15 is 0 Å². The molecule has 3 N–H and O–H groups in total. The first-order valence-electron chi connectivity index (χ1n) is 7.00. The smallest absolute Gasteiger partial charge is 0.251 e. The van der Waals surface area contributed by atoms with Crippen molar-refractivity contribution in [1.29, 1.82) is 0 Å². The number of benzene rings is 1. The topological polar surface area (TPSA) is 64.3 Å². The number of carbonyl (C=O) groups is 1. The summed E-state index contributed by atoms with van der Waals surface area (Å²) in [6.45, 7) is 2.56. The number of amides is 1. The number of hydrogen-bond donors (Lipinski definition) is 2. The highest BCUT2D eigenvalue weighted by Gasteiger charge is 2.23. The van der Waals surface area contributed by atoms with Gasteiger partial charge in [0.25, 0.3) is 5.91 Å². The van der Waals surface area contributed by atoms with Gasteiger partial charge in [-0.25, -0.2) is 0 Å². The van der Waals surface area contributed by atoms with Crippen LogP contribution in [0.3, 0.4) is 0 Å². The van der Waals surface area contributed by atoms with Crippen LogP contribution in [-0.4, -0.2) is 24.6 Å². The molecule has 1 saturated carbocycles. The van der Waals surface area contributed by atoms with Crippen molar-refractivity contribution >= 4 is 5.91 Å². The van der Waals surface area contributed by atoms with Gasteiger partial charge in [-0.05, 0) is 44.0 Å². The summed E-state index contributed by atoms with van der Waals surface area (Å²) in [4.78, 5) is 12.1. The Labute approximate surface area is 114 Å². The molecule has 1 aliphatic rings. The molecule has 0 spiro atoms. The fourth-order valence-electron chi connectivity index (χ4n) is 2.46. The van der Waals surface area contributed by atoms with Gasteiger partial charge in [0.15, 0.2) is 0 Å². The molecule has 1 aromatic rings. The van der Waals surface area contributed by atoms with Crippen LogP contribution in [0.1, 0.15) is 43.0 Å². The van der Waals surface area contributed by atoms with E-state index in [0.717, 1.165) is 31.4 Å². The molecule has 2 rings (SSSR count). The highest BCUT2D eigenvalue weighted by atomic mass is 16.5. The van der Waals surface area contributed by atoms with Gasteiger partial charge in [0.05, 0.1) is 6.61 Å². The zero-order chi connectivity index (χ0) is 13.7. The van der Waals surface area contributed by atoms with E-state index in [2.05, 4.69) is 5.32 Å². The van der Waals surface area contributed by atoms with E-state index in [4.69, 9.17) is 10.5 Å². The fraction of sp³-hybridized carbons (Fsp3) is 0.533. The van der Waals surface area contributed by atoms with Crippen molar-refractivity contribution < 1.29 is 9.53 Å². The van der Waals surface area contributed by atoms with Crippen LogP contribution in [0.2, 0.25) is 0 Å². The first-order chi connectivity index (χ1) is 9.20. The normalized spacial score (nSPS) is 22.8. The van der Waals surface area contributed by atoms with E-state index in [1.54, 1.807) is 12.1 Å². The lowest BCUT2D eigenvalue weighted by molar-refractivity contribution is 0.0921. The van der Waals surface area contributed by atoms with Gasteiger partial charge in [-0.2, -0.15) is 0 Å². The second kappa shape index (κ2) is 6.57. The van der Waals surface area contributed by atoms with Crippen molar-refractivity contribution in [3.8, 4) is 5.75 Å². The van der Waals surface area contributed by atoms with E-state index < -0.39 is 0 Å². The summed E-state index contributed by atoms with van der Waals surface area (Å²) < 4.78 is 5.36. The summed E-state index contributed by atoms with van der Waals surface area (Å²) in [7, 11) is 0. The Morgan fingerprint density at radius 2 is 2.00 bits per heavy atom. The van der Waals surface area contributed by atoms with Crippen LogP contribution in [0, 0.1) is 0 Å². The summed E-state index contributed by atoms with van der Waals surface area (Å²) in [5.74, 6) is 0.735. The number of ether oxygens (including phenoxy) is 1. The number of hydrogen-bond acceptors (Lipinski definition) is 3. The lowest BCUT2D eigenvalue weighted by Crippen LogP contribution is -2.49. The third-order valence-electron chi connectivity index (χ3n) is 3.56. The van der Waals surface area contributed by atoms with Crippen molar-refractivity contribution in [2.75, 3.05) is 6.61 Å². The van der Waals surface area contributed by atoms with Gasteiger partial charge in [0, 0.05) is 17.6 Å². The van der Waals surface area contributed by atoms with E-state index in [1.807, 2.05) is 19.1 Å². The summed E-state index contributed by atoms with van der Waals surface area (Å²) in [6, 6.07) is 7.40. The van der Waals surface area contributed by atoms with Gasteiger partial charge in [-0.1, -0.05) is 12.8 Å². The van der Waals surface area contributed by atoms with Crippen molar-refractivity contribution in [3.05, 3.63) is 29.8 Å². The molecule has 2 atom stereocenters. The van der Waals surface area contributed by atoms with Crippen LogP contribution in [-0.2, 0) is 0 Å². The third-order valence-corrected chi connectivity index (χ3v) is 3.56. The summed E-state index contributed by atoms with van der Waals surface area (Å²) in [5.41, 5.74) is 6.69. The fourth-order valence-corrected chi connectivity index (χ4v) is 2.46. The summed E-state index contributed by atoms with van der Waals surface area (Å²) in [6.07, 6.45) is 4.27. The Balaban J connectivity index is 1.95. The number of nitrogens with two attached hydrogens (primary N) is 1. The van der Waals surface area contributed by atoms with E-state index in [9.17, 15) is 4.79 Å².